The maximum absolute atomic E-state index is 5.86. The minimum absolute atomic E-state index is 0.385. The molecule has 0 aromatic rings. The van der Waals surface area contributed by atoms with E-state index < -0.39 is 0 Å². The van der Waals surface area contributed by atoms with Crippen LogP contribution in [0.5, 0.6) is 0 Å². The Morgan fingerprint density at radius 3 is 2.86 bits per heavy atom. The van der Waals surface area contributed by atoms with Gasteiger partial charge in [0.2, 0.25) is 0 Å². The molecule has 2 N–H and O–H groups in total. The molecule has 82 valence electrons. The van der Waals surface area contributed by atoms with Crippen LogP contribution in [0.4, 0.5) is 0 Å². The number of likely N-dealkylation sites (tertiary alicyclic amines) is 1. The highest BCUT2D eigenvalue weighted by molar-refractivity contribution is 4.81. The maximum atomic E-state index is 5.86. The number of hydrogen-bond acceptors (Lipinski definition) is 4. The molecule has 1 unspecified atom stereocenters. The van der Waals surface area contributed by atoms with Crippen molar-refractivity contribution in [3.05, 3.63) is 0 Å². The standard InChI is InChI=1S/C10H21N3O/c1-12-4-5-14-10(7-12)8-13-3-2-9(11)6-13/h9-10H,2-8,11H2,1H3/t9-,10?/m0/s1. The molecule has 2 saturated heterocycles. The van der Waals surface area contributed by atoms with Crippen LogP contribution in [0.1, 0.15) is 6.42 Å². The monoisotopic (exact) mass is 199 g/mol. The Kier molecular flexibility index (Phi) is 3.38. The normalized spacial score (nSPS) is 36.4. The summed E-state index contributed by atoms with van der Waals surface area (Å²) in [6, 6.07) is 0.385. The molecule has 0 radical (unpaired) electrons. The topological polar surface area (TPSA) is 41.7 Å². The van der Waals surface area contributed by atoms with Crippen molar-refractivity contribution in [3.8, 4) is 0 Å². The fraction of sp³-hybridized carbons (Fsp3) is 1.00. The highest BCUT2D eigenvalue weighted by Gasteiger charge is 2.24. The molecule has 0 bridgehead atoms. The molecule has 0 spiro atoms. The van der Waals surface area contributed by atoms with Crippen molar-refractivity contribution in [2.24, 2.45) is 5.73 Å². The molecule has 0 saturated carbocycles. The summed E-state index contributed by atoms with van der Waals surface area (Å²) in [5, 5.41) is 0. The lowest BCUT2D eigenvalue weighted by atomic mass is 10.2. The molecule has 0 aromatic carbocycles. The van der Waals surface area contributed by atoms with Gasteiger partial charge in [-0.1, -0.05) is 0 Å². The number of ether oxygens (including phenoxy) is 1. The molecular weight excluding hydrogens is 178 g/mol. The number of rotatable bonds is 2. The molecule has 2 atom stereocenters. The summed E-state index contributed by atoms with van der Waals surface area (Å²) >= 11 is 0. The SMILES string of the molecule is CN1CCOC(CN2CC[C@H](N)C2)C1. The van der Waals surface area contributed by atoms with E-state index in [1.165, 1.54) is 0 Å². The van der Waals surface area contributed by atoms with Crippen LogP contribution in [0, 0.1) is 0 Å². The molecule has 2 aliphatic heterocycles. The van der Waals surface area contributed by atoms with Crippen molar-refractivity contribution >= 4 is 0 Å². The fourth-order valence-corrected chi connectivity index (χ4v) is 2.29. The van der Waals surface area contributed by atoms with E-state index in [1.54, 1.807) is 0 Å². The van der Waals surface area contributed by atoms with E-state index >= 15 is 0 Å². The van der Waals surface area contributed by atoms with Gasteiger partial charge in [0.05, 0.1) is 12.7 Å². The molecule has 0 amide bonds. The smallest absolute Gasteiger partial charge is 0.0829 e. The van der Waals surface area contributed by atoms with Crippen molar-refractivity contribution in [1.29, 1.82) is 0 Å². The number of nitrogens with zero attached hydrogens (tertiary/aromatic N) is 2. The van der Waals surface area contributed by atoms with Crippen LogP contribution >= 0.6 is 0 Å². The summed E-state index contributed by atoms with van der Waals surface area (Å²) in [6.45, 7) is 6.25. The molecule has 2 heterocycles. The second-order valence-corrected chi connectivity index (χ2v) is 4.56. The van der Waals surface area contributed by atoms with E-state index in [4.69, 9.17) is 10.5 Å². The molecule has 0 aliphatic carbocycles. The Labute approximate surface area is 86.0 Å². The van der Waals surface area contributed by atoms with Gasteiger partial charge in [-0.25, -0.2) is 0 Å². The lowest BCUT2D eigenvalue weighted by molar-refractivity contribution is -0.0329. The summed E-state index contributed by atoms with van der Waals surface area (Å²) < 4.78 is 5.72. The third-order valence-corrected chi connectivity index (χ3v) is 3.11. The van der Waals surface area contributed by atoms with E-state index in [9.17, 15) is 0 Å². The van der Waals surface area contributed by atoms with E-state index in [0.717, 1.165) is 45.8 Å². The van der Waals surface area contributed by atoms with Crippen LogP contribution in [-0.4, -0.2) is 68.3 Å². The summed E-state index contributed by atoms with van der Waals surface area (Å²) in [5.41, 5.74) is 5.86. The van der Waals surface area contributed by atoms with E-state index in [0.29, 0.717) is 12.1 Å². The summed E-state index contributed by atoms with van der Waals surface area (Å²) in [5.74, 6) is 0. The lowest BCUT2D eigenvalue weighted by Gasteiger charge is -2.32. The van der Waals surface area contributed by atoms with Crippen molar-refractivity contribution in [3.63, 3.8) is 0 Å². The van der Waals surface area contributed by atoms with Gasteiger partial charge in [-0.3, -0.25) is 4.90 Å². The second-order valence-electron chi connectivity index (χ2n) is 4.56. The molecule has 2 rings (SSSR count). The highest BCUT2D eigenvalue weighted by atomic mass is 16.5. The number of likely N-dealkylation sites (N-methyl/N-ethyl adjacent to an activating group) is 1. The molecule has 4 heteroatoms. The van der Waals surface area contributed by atoms with E-state index in [1.807, 2.05) is 0 Å². The average Bonchev–Trinajstić information content (AvgIpc) is 2.51. The Morgan fingerprint density at radius 2 is 2.21 bits per heavy atom. The van der Waals surface area contributed by atoms with Crippen LogP contribution in [0.15, 0.2) is 0 Å². The molecule has 14 heavy (non-hydrogen) atoms. The Morgan fingerprint density at radius 1 is 1.36 bits per heavy atom. The van der Waals surface area contributed by atoms with Gasteiger partial charge in [-0.2, -0.15) is 0 Å². The largest absolute Gasteiger partial charge is 0.374 e. The maximum Gasteiger partial charge on any atom is 0.0829 e. The Hall–Kier alpha value is -0.160. The average molecular weight is 199 g/mol. The first-order valence-electron chi connectivity index (χ1n) is 5.52. The van der Waals surface area contributed by atoms with Crippen LogP contribution in [-0.2, 0) is 4.74 Å². The zero-order valence-electron chi connectivity index (χ0n) is 8.98. The zero-order chi connectivity index (χ0) is 9.97. The van der Waals surface area contributed by atoms with Crippen molar-refractivity contribution in [2.75, 3.05) is 46.4 Å². The van der Waals surface area contributed by atoms with Gasteiger partial charge in [0.15, 0.2) is 0 Å². The van der Waals surface area contributed by atoms with Crippen molar-refractivity contribution in [1.82, 2.24) is 9.80 Å². The van der Waals surface area contributed by atoms with Gasteiger partial charge < -0.3 is 15.4 Å². The molecule has 4 nitrogen and oxygen atoms in total. The number of nitrogens with two attached hydrogens (primary N) is 1. The predicted molar refractivity (Wildman–Crippen MR) is 56.3 cm³/mol. The van der Waals surface area contributed by atoms with Gasteiger partial charge in [-0.05, 0) is 20.0 Å². The first-order chi connectivity index (χ1) is 6.74. The Bertz CT molecular complexity index is 188. The zero-order valence-corrected chi connectivity index (χ0v) is 8.98. The summed E-state index contributed by atoms with van der Waals surface area (Å²) in [7, 11) is 2.16. The quantitative estimate of drug-likeness (QED) is 0.642. The second kappa shape index (κ2) is 4.57. The lowest BCUT2D eigenvalue weighted by Crippen LogP contribution is -2.45. The molecule has 2 aliphatic rings. The van der Waals surface area contributed by atoms with Gasteiger partial charge >= 0.3 is 0 Å². The van der Waals surface area contributed by atoms with Crippen LogP contribution in [0.25, 0.3) is 0 Å². The first kappa shape index (κ1) is 10.4. The van der Waals surface area contributed by atoms with Gasteiger partial charge in [0, 0.05) is 32.2 Å². The number of hydrogen-bond donors (Lipinski definition) is 1. The van der Waals surface area contributed by atoms with Crippen LogP contribution < -0.4 is 5.73 Å². The first-order valence-corrected chi connectivity index (χ1v) is 5.52. The predicted octanol–water partition coefficient (Wildman–Crippen LogP) is -0.650. The molecule has 0 aromatic heterocycles. The fourth-order valence-electron chi connectivity index (χ4n) is 2.29. The molecular formula is C10H21N3O. The van der Waals surface area contributed by atoms with Crippen molar-refractivity contribution < 1.29 is 4.74 Å². The minimum atomic E-state index is 0.385. The third-order valence-electron chi connectivity index (χ3n) is 3.11. The summed E-state index contributed by atoms with van der Waals surface area (Å²) in [6.07, 6.45) is 1.53. The van der Waals surface area contributed by atoms with Gasteiger partial charge in [0.25, 0.3) is 0 Å². The van der Waals surface area contributed by atoms with E-state index in [-0.39, 0.29) is 0 Å². The van der Waals surface area contributed by atoms with Gasteiger partial charge in [-0.15, -0.1) is 0 Å². The summed E-state index contributed by atoms with van der Waals surface area (Å²) in [4.78, 5) is 4.76. The Balaban J connectivity index is 1.74. The minimum Gasteiger partial charge on any atom is -0.374 e. The van der Waals surface area contributed by atoms with Gasteiger partial charge in [0.1, 0.15) is 0 Å². The highest BCUT2D eigenvalue weighted by Crippen LogP contribution is 2.11. The van der Waals surface area contributed by atoms with E-state index in [2.05, 4.69) is 16.8 Å². The van der Waals surface area contributed by atoms with Crippen molar-refractivity contribution in [2.45, 2.75) is 18.6 Å². The van der Waals surface area contributed by atoms with Crippen LogP contribution in [0.3, 0.4) is 0 Å². The molecule has 2 fully saturated rings. The van der Waals surface area contributed by atoms with Crippen LogP contribution in [0.2, 0.25) is 0 Å². The number of morpholine rings is 1. The third kappa shape index (κ3) is 2.67.